The number of hydrogen-bond acceptors (Lipinski definition) is 3. The standard InChI is InChI=1S/C19H20O3/c1-13-5-10-17(16(11-13)12-20)14-6-8-15(9-7-14)18(21)22-19(2,3)4/h5-12H,1-4H3. The lowest BCUT2D eigenvalue weighted by Crippen LogP contribution is -2.23. The lowest BCUT2D eigenvalue weighted by molar-refractivity contribution is 0.00695. The Hall–Kier alpha value is -2.42. The Balaban J connectivity index is 2.30. The minimum absolute atomic E-state index is 0.349. The van der Waals surface area contributed by atoms with Crippen molar-refractivity contribution >= 4 is 12.3 Å². The molecule has 0 aromatic heterocycles. The highest BCUT2D eigenvalue weighted by molar-refractivity contribution is 5.92. The number of benzene rings is 2. The van der Waals surface area contributed by atoms with E-state index in [0.717, 1.165) is 23.0 Å². The fourth-order valence-electron chi connectivity index (χ4n) is 2.17. The Labute approximate surface area is 130 Å². The quantitative estimate of drug-likeness (QED) is 0.621. The van der Waals surface area contributed by atoms with Crippen LogP contribution in [0.15, 0.2) is 42.5 Å². The van der Waals surface area contributed by atoms with Crippen molar-refractivity contribution in [3.05, 3.63) is 59.2 Å². The van der Waals surface area contributed by atoms with E-state index >= 15 is 0 Å². The van der Waals surface area contributed by atoms with E-state index in [-0.39, 0.29) is 5.97 Å². The number of aldehydes is 1. The average molecular weight is 296 g/mol. The van der Waals surface area contributed by atoms with Crippen LogP contribution >= 0.6 is 0 Å². The van der Waals surface area contributed by atoms with E-state index in [2.05, 4.69) is 0 Å². The average Bonchev–Trinajstić information content (AvgIpc) is 2.45. The molecule has 2 aromatic rings. The number of carbonyl (C=O) groups is 2. The summed E-state index contributed by atoms with van der Waals surface area (Å²) in [5.74, 6) is -0.349. The third kappa shape index (κ3) is 3.82. The summed E-state index contributed by atoms with van der Waals surface area (Å²) in [4.78, 5) is 23.2. The smallest absolute Gasteiger partial charge is 0.338 e. The summed E-state index contributed by atoms with van der Waals surface area (Å²) in [7, 11) is 0. The zero-order valence-corrected chi connectivity index (χ0v) is 13.3. The third-order valence-corrected chi connectivity index (χ3v) is 3.16. The van der Waals surface area contributed by atoms with Crippen LogP contribution in [0.3, 0.4) is 0 Å². The molecule has 2 rings (SSSR count). The number of esters is 1. The molecule has 0 aliphatic heterocycles. The molecule has 114 valence electrons. The van der Waals surface area contributed by atoms with E-state index in [0.29, 0.717) is 11.1 Å². The second-order valence-corrected chi connectivity index (χ2v) is 6.29. The van der Waals surface area contributed by atoms with Gasteiger partial charge in [0.25, 0.3) is 0 Å². The molecule has 0 unspecified atom stereocenters. The molecule has 3 heteroatoms. The number of hydrogen-bond donors (Lipinski definition) is 0. The Morgan fingerprint density at radius 3 is 2.23 bits per heavy atom. The second-order valence-electron chi connectivity index (χ2n) is 6.29. The molecule has 22 heavy (non-hydrogen) atoms. The molecule has 3 nitrogen and oxygen atoms in total. The molecule has 0 atom stereocenters. The predicted octanol–water partition coefficient (Wildman–Crippen LogP) is 4.43. The first kappa shape index (κ1) is 16.0. The largest absolute Gasteiger partial charge is 0.456 e. The maximum Gasteiger partial charge on any atom is 0.338 e. The summed E-state index contributed by atoms with van der Waals surface area (Å²) in [5.41, 5.74) is 3.42. The molecule has 0 aliphatic rings. The normalized spacial score (nSPS) is 11.1. The Morgan fingerprint density at radius 1 is 1.05 bits per heavy atom. The van der Waals surface area contributed by atoms with Crippen LogP contribution in [0.4, 0.5) is 0 Å². The van der Waals surface area contributed by atoms with Crippen LogP contribution in [-0.2, 0) is 4.74 Å². The lowest BCUT2D eigenvalue weighted by Gasteiger charge is -2.19. The van der Waals surface area contributed by atoms with E-state index in [4.69, 9.17) is 4.74 Å². The Kier molecular flexibility index (Phi) is 4.45. The molecular formula is C19H20O3. The van der Waals surface area contributed by atoms with Gasteiger partial charge in [0.1, 0.15) is 5.60 Å². The summed E-state index contributed by atoms with van der Waals surface area (Å²) in [6.07, 6.45) is 0.851. The minimum Gasteiger partial charge on any atom is -0.456 e. The molecule has 0 amide bonds. The van der Waals surface area contributed by atoms with Gasteiger partial charge in [0.15, 0.2) is 6.29 Å². The van der Waals surface area contributed by atoms with Crippen LogP contribution in [-0.4, -0.2) is 17.9 Å². The van der Waals surface area contributed by atoms with Gasteiger partial charge in [0.2, 0.25) is 0 Å². The summed E-state index contributed by atoms with van der Waals surface area (Å²) in [6.45, 7) is 7.45. The highest BCUT2D eigenvalue weighted by Gasteiger charge is 2.17. The zero-order valence-electron chi connectivity index (χ0n) is 13.3. The Bertz CT molecular complexity index is 692. The van der Waals surface area contributed by atoms with Gasteiger partial charge in [-0.1, -0.05) is 29.8 Å². The molecule has 0 aliphatic carbocycles. The van der Waals surface area contributed by atoms with Crippen LogP contribution in [0, 0.1) is 6.92 Å². The first-order valence-corrected chi connectivity index (χ1v) is 7.20. The molecule has 0 saturated carbocycles. The van der Waals surface area contributed by atoms with E-state index in [1.54, 1.807) is 12.1 Å². The molecule has 0 N–H and O–H groups in total. The highest BCUT2D eigenvalue weighted by Crippen LogP contribution is 2.24. The van der Waals surface area contributed by atoms with Crippen molar-refractivity contribution in [2.24, 2.45) is 0 Å². The molecule has 0 spiro atoms. The summed E-state index contributed by atoms with van der Waals surface area (Å²) >= 11 is 0. The van der Waals surface area contributed by atoms with Crippen molar-refractivity contribution in [2.45, 2.75) is 33.3 Å². The predicted molar refractivity (Wildman–Crippen MR) is 87.2 cm³/mol. The van der Waals surface area contributed by atoms with Gasteiger partial charge >= 0.3 is 5.97 Å². The van der Waals surface area contributed by atoms with E-state index in [9.17, 15) is 9.59 Å². The molecule has 2 aromatic carbocycles. The summed E-state index contributed by atoms with van der Waals surface area (Å²) in [6, 6.07) is 12.8. The van der Waals surface area contributed by atoms with Crippen LogP contribution in [0.5, 0.6) is 0 Å². The number of ether oxygens (including phenoxy) is 1. The van der Waals surface area contributed by atoms with E-state index in [1.165, 1.54) is 0 Å². The maximum absolute atomic E-state index is 12.0. The zero-order chi connectivity index (χ0) is 16.3. The van der Waals surface area contributed by atoms with Gasteiger partial charge in [-0.2, -0.15) is 0 Å². The number of aryl methyl sites for hydroxylation is 1. The van der Waals surface area contributed by atoms with Crippen LogP contribution in [0.25, 0.3) is 11.1 Å². The maximum atomic E-state index is 12.0. The third-order valence-electron chi connectivity index (χ3n) is 3.16. The SMILES string of the molecule is Cc1ccc(-c2ccc(C(=O)OC(C)(C)C)cc2)c(C=O)c1. The highest BCUT2D eigenvalue weighted by atomic mass is 16.6. The Morgan fingerprint density at radius 2 is 1.68 bits per heavy atom. The van der Waals surface area contributed by atoms with Gasteiger partial charge in [0, 0.05) is 5.56 Å². The fourth-order valence-corrected chi connectivity index (χ4v) is 2.17. The van der Waals surface area contributed by atoms with Gasteiger partial charge in [-0.3, -0.25) is 4.79 Å². The molecule has 0 radical (unpaired) electrons. The number of carbonyl (C=O) groups excluding carboxylic acids is 2. The topological polar surface area (TPSA) is 43.4 Å². The van der Waals surface area contributed by atoms with Gasteiger partial charge < -0.3 is 4.74 Å². The van der Waals surface area contributed by atoms with Crippen molar-refractivity contribution in [1.29, 1.82) is 0 Å². The van der Waals surface area contributed by atoms with Gasteiger partial charge in [0.05, 0.1) is 5.56 Å². The van der Waals surface area contributed by atoms with Crippen LogP contribution in [0.1, 0.15) is 47.1 Å². The van der Waals surface area contributed by atoms with Crippen molar-refractivity contribution in [3.8, 4) is 11.1 Å². The van der Waals surface area contributed by atoms with E-state index < -0.39 is 5.60 Å². The first-order valence-electron chi connectivity index (χ1n) is 7.20. The van der Waals surface area contributed by atoms with Crippen molar-refractivity contribution in [1.82, 2.24) is 0 Å². The van der Waals surface area contributed by atoms with Crippen LogP contribution in [0.2, 0.25) is 0 Å². The van der Waals surface area contributed by atoms with Crippen molar-refractivity contribution in [2.75, 3.05) is 0 Å². The summed E-state index contributed by atoms with van der Waals surface area (Å²) in [5, 5.41) is 0. The van der Waals surface area contributed by atoms with Crippen molar-refractivity contribution in [3.63, 3.8) is 0 Å². The van der Waals surface area contributed by atoms with Crippen LogP contribution < -0.4 is 0 Å². The second kappa shape index (κ2) is 6.14. The number of rotatable bonds is 3. The van der Waals surface area contributed by atoms with E-state index in [1.807, 2.05) is 58.0 Å². The van der Waals surface area contributed by atoms with Crippen molar-refractivity contribution < 1.29 is 14.3 Å². The summed E-state index contributed by atoms with van der Waals surface area (Å²) < 4.78 is 5.33. The van der Waals surface area contributed by atoms with Gasteiger partial charge in [-0.25, -0.2) is 4.79 Å². The molecule has 0 fully saturated rings. The molecule has 0 bridgehead atoms. The monoisotopic (exact) mass is 296 g/mol. The first-order chi connectivity index (χ1) is 10.3. The molecular weight excluding hydrogens is 276 g/mol. The fraction of sp³-hybridized carbons (Fsp3) is 0.263. The molecule has 0 heterocycles. The minimum atomic E-state index is -0.516. The molecule has 0 saturated heterocycles. The lowest BCUT2D eigenvalue weighted by atomic mass is 9.97. The van der Waals surface area contributed by atoms with Gasteiger partial charge in [-0.15, -0.1) is 0 Å². The van der Waals surface area contributed by atoms with Gasteiger partial charge in [-0.05, 0) is 57.0 Å².